The number of ketones is 1. The number of hydrogen-bond acceptors (Lipinski definition) is 5. The molecular weight excluding hydrogens is 509 g/mol. The fourth-order valence-corrected chi connectivity index (χ4v) is 4.39. The number of benzene rings is 4. The van der Waals surface area contributed by atoms with Crippen molar-refractivity contribution in [3.05, 3.63) is 136 Å². The van der Waals surface area contributed by atoms with E-state index in [0.29, 0.717) is 22.4 Å². The van der Waals surface area contributed by atoms with Crippen LogP contribution >= 0.6 is 0 Å². The van der Waals surface area contributed by atoms with Crippen LogP contribution in [0.25, 0.3) is 22.0 Å². The molecule has 0 N–H and O–H groups in total. The number of carbonyl (C=O) groups is 1. The van der Waals surface area contributed by atoms with Gasteiger partial charge >= 0.3 is 6.18 Å². The van der Waals surface area contributed by atoms with Gasteiger partial charge in [0.05, 0.1) is 21.6 Å². The Bertz CT molecular complexity index is 1700. The number of ether oxygens (including phenoxy) is 1. The second kappa shape index (κ2) is 10.4. The van der Waals surface area contributed by atoms with Crippen molar-refractivity contribution in [2.24, 2.45) is 0 Å². The van der Waals surface area contributed by atoms with Crippen molar-refractivity contribution in [2.45, 2.75) is 12.8 Å². The van der Waals surface area contributed by atoms with E-state index in [2.05, 4.69) is 4.98 Å². The summed E-state index contributed by atoms with van der Waals surface area (Å²) < 4.78 is 47.3. The van der Waals surface area contributed by atoms with E-state index in [1.165, 1.54) is 24.4 Å². The number of hydrogen-bond donors (Lipinski definition) is 0. The number of pyridine rings is 1. The second-order valence-corrected chi connectivity index (χ2v) is 8.64. The number of halogens is 3. The normalized spacial score (nSPS) is 11.4. The molecule has 5 aromatic rings. The molecule has 1 aromatic heterocycles. The van der Waals surface area contributed by atoms with Crippen LogP contribution in [-0.4, -0.2) is 15.7 Å². The van der Waals surface area contributed by atoms with E-state index in [9.17, 15) is 28.1 Å². The average molecular weight is 528 g/mol. The van der Waals surface area contributed by atoms with Crippen molar-refractivity contribution in [1.82, 2.24) is 4.98 Å². The van der Waals surface area contributed by atoms with Gasteiger partial charge in [0, 0.05) is 34.3 Å². The van der Waals surface area contributed by atoms with Crippen LogP contribution in [0.4, 0.5) is 18.9 Å². The summed E-state index contributed by atoms with van der Waals surface area (Å²) in [7, 11) is 0. The minimum atomic E-state index is -4.65. The van der Waals surface area contributed by atoms with Crippen LogP contribution in [0.3, 0.4) is 0 Å². The first-order chi connectivity index (χ1) is 18.7. The van der Waals surface area contributed by atoms with E-state index in [1.54, 1.807) is 72.8 Å². The van der Waals surface area contributed by atoms with Gasteiger partial charge < -0.3 is 4.74 Å². The summed E-state index contributed by atoms with van der Waals surface area (Å²) in [6.45, 7) is -0.105. The largest absolute Gasteiger partial charge is 0.489 e. The lowest BCUT2D eigenvalue weighted by Gasteiger charge is -2.16. The molecule has 9 heteroatoms. The standard InChI is InChI=1S/C30H19F3N2O4/c31-30(32,33)25-14-7-13-23-27(24(17-34-28(23)25)29(36)19-8-2-1-3-9-19)20-11-6-12-22(16-20)39-18-21-10-4-5-15-26(21)35(37)38/h1-17H,18H2. The summed E-state index contributed by atoms with van der Waals surface area (Å²) in [6.07, 6.45) is -3.48. The smallest absolute Gasteiger partial charge is 0.418 e. The number of rotatable bonds is 7. The molecule has 0 bridgehead atoms. The lowest BCUT2D eigenvalue weighted by Crippen LogP contribution is -2.09. The Labute approximate surface area is 220 Å². The van der Waals surface area contributed by atoms with Gasteiger partial charge in [-0.15, -0.1) is 0 Å². The van der Waals surface area contributed by atoms with Gasteiger partial charge in [-0.05, 0) is 29.8 Å². The van der Waals surface area contributed by atoms with Gasteiger partial charge in [0.25, 0.3) is 5.69 Å². The highest BCUT2D eigenvalue weighted by atomic mass is 19.4. The Hall–Kier alpha value is -5.05. The average Bonchev–Trinajstić information content (AvgIpc) is 2.95. The lowest BCUT2D eigenvalue weighted by atomic mass is 9.91. The molecule has 0 radical (unpaired) electrons. The first-order valence-corrected chi connectivity index (χ1v) is 11.8. The summed E-state index contributed by atoms with van der Waals surface area (Å²) in [4.78, 5) is 28.4. The molecule has 0 aliphatic heterocycles. The van der Waals surface area contributed by atoms with E-state index >= 15 is 0 Å². The molecular formula is C30H19F3N2O4. The monoisotopic (exact) mass is 528 g/mol. The Morgan fingerprint density at radius 1 is 0.897 bits per heavy atom. The van der Waals surface area contributed by atoms with Crippen LogP contribution < -0.4 is 4.74 Å². The topological polar surface area (TPSA) is 82.3 Å². The number of nitro benzene ring substituents is 1. The van der Waals surface area contributed by atoms with Crippen LogP contribution in [0.5, 0.6) is 5.75 Å². The predicted molar refractivity (Wildman–Crippen MR) is 139 cm³/mol. The number of para-hydroxylation sites is 2. The fraction of sp³-hybridized carbons (Fsp3) is 0.0667. The van der Waals surface area contributed by atoms with Gasteiger partial charge in [-0.3, -0.25) is 19.9 Å². The number of nitro groups is 1. The zero-order valence-corrected chi connectivity index (χ0v) is 20.2. The molecule has 4 aromatic carbocycles. The van der Waals surface area contributed by atoms with E-state index in [1.807, 2.05) is 0 Å². The molecule has 0 spiro atoms. The van der Waals surface area contributed by atoms with Crippen LogP contribution in [0.1, 0.15) is 27.0 Å². The molecule has 0 atom stereocenters. The molecule has 0 saturated carbocycles. The van der Waals surface area contributed by atoms with E-state index in [4.69, 9.17) is 4.74 Å². The minimum Gasteiger partial charge on any atom is -0.489 e. The molecule has 0 aliphatic rings. The third kappa shape index (κ3) is 5.19. The summed E-state index contributed by atoms with van der Waals surface area (Å²) in [5.74, 6) is -0.0793. The van der Waals surface area contributed by atoms with Crippen molar-refractivity contribution in [1.29, 1.82) is 0 Å². The number of carbonyl (C=O) groups excluding carboxylic acids is 1. The van der Waals surface area contributed by atoms with E-state index in [-0.39, 0.29) is 34.3 Å². The van der Waals surface area contributed by atoms with Gasteiger partial charge in [-0.2, -0.15) is 13.2 Å². The lowest BCUT2D eigenvalue weighted by molar-refractivity contribution is -0.385. The molecule has 5 rings (SSSR count). The predicted octanol–water partition coefficient (Wildman–Crippen LogP) is 7.64. The van der Waals surface area contributed by atoms with Gasteiger partial charge in [0.1, 0.15) is 12.4 Å². The Kier molecular flexibility index (Phi) is 6.81. The molecule has 0 unspecified atom stereocenters. The number of aromatic nitrogens is 1. The Balaban J connectivity index is 1.64. The van der Waals surface area contributed by atoms with Crippen molar-refractivity contribution in [2.75, 3.05) is 0 Å². The van der Waals surface area contributed by atoms with Crippen molar-refractivity contribution in [3.8, 4) is 16.9 Å². The van der Waals surface area contributed by atoms with Gasteiger partial charge in [0.2, 0.25) is 0 Å². The Morgan fingerprint density at radius 3 is 2.36 bits per heavy atom. The van der Waals surface area contributed by atoms with Gasteiger partial charge in [-0.1, -0.05) is 66.7 Å². The molecule has 0 saturated heterocycles. The second-order valence-electron chi connectivity index (χ2n) is 8.64. The first kappa shape index (κ1) is 25.6. The number of alkyl halides is 3. The molecule has 0 fully saturated rings. The summed E-state index contributed by atoms with van der Waals surface area (Å²) in [5.41, 5.74) is 0.262. The third-order valence-corrected chi connectivity index (χ3v) is 6.19. The quantitative estimate of drug-likeness (QED) is 0.123. The van der Waals surface area contributed by atoms with Crippen LogP contribution in [0.15, 0.2) is 103 Å². The summed E-state index contributed by atoms with van der Waals surface area (Å²) in [6, 6.07) is 24.8. The molecule has 1 heterocycles. The van der Waals surface area contributed by atoms with Crippen molar-refractivity contribution >= 4 is 22.4 Å². The molecule has 39 heavy (non-hydrogen) atoms. The number of fused-ring (bicyclic) bond motifs is 1. The van der Waals surface area contributed by atoms with Gasteiger partial charge in [0.15, 0.2) is 5.78 Å². The first-order valence-electron chi connectivity index (χ1n) is 11.8. The van der Waals surface area contributed by atoms with E-state index < -0.39 is 22.4 Å². The molecule has 0 aliphatic carbocycles. The van der Waals surface area contributed by atoms with Crippen molar-refractivity contribution in [3.63, 3.8) is 0 Å². The maximum absolute atomic E-state index is 13.8. The third-order valence-electron chi connectivity index (χ3n) is 6.19. The zero-order valence-electron chi connectivity index (χ0n) is 20.2. The highest BCUT2D eigenvalue weighted by Gasteiger charge is 2.34. The SMILES string of the molecule is O=C(c1ccccc1)c1cnc2c(C(F)(F)F)cccc2c1-c1cccc(OCc2ccccc2[N+](=O)[O-])c1. The zero-order chi connectivity index (χ0) is 27.6. The Morgan fingerprint density at radius 2 is 1.62 bits per heavy atom. The maximum Gasteiger partial charge on any atom is 0.418 e. The fourth-order valence-electron chi connectivity index (χ4n) is 4.39. The van der Waals surface area contributed by atoms with Crippen LogP contribution in [0.2, 0.25) is 0 Å². The van der Waals surface area contributed by atoms with Crippen LogP contribution in [0, 0.1) is 10.1 Å². The molecule has 0 amide bonds. The van der Waals surface area contributed by atoms with E-state index in [0.717, 1.165) is 6.07 Å². The minimum absolute atomic E-state index is 0.0933. The maximum atomic E-state index is 13.8. The van der Waals surface area contributed by atoms with Crippen molar-refractivity contribution < 1.29 is 27.6 Å². The summed E-state index contributed by atoms with van der Waals surface area (Å²) >= 11 is 0. The molecule has 194 valence electrons. The number of nitrogens with zero attached hydrogens (tertiary/aromatic N) is 2. The highest BCUT2D eigenvalue weighted by molar-refractivity contribution is 6.16. The molecule has 6 nitrogen and oxygen atoms in total. The summed E-state index contributed by atoms with van der Waals surface area (Å²) in [5, 5.41) is 11.5. The van der Waals surface area contributed by atoms with Crippen LogP contribution in [-0.2, 0) is 12.8 Å². The highest BCUT2D eigenvalue weighted by Crippen LogP contribution is 2.39. The van der Waals surface area contributed by atoms with Gasteiger partial charge in [-0.25, -0.2) is 0 Å².